The van der Waals surface area contributed by atoms with Crippen molar-refractivity contribution in [1.29, 1.82) is 0 Å². The van der Waals surface area contributed by atoms with Crippen molar-refractivity contribution in [2.75, 3.05) is 5.75 Å². The molecular formula is C11H19Cl2NOS. The maximum atomic E-state index is 11.9. The van der Waals surface area contributed by atoms with Crippen LogP contribution in [0.2, 0.25) is 0 Å². The van der Waals surface area contributed by atoms with Crippen molar-refractivity contribution in [2.24, 2.45) is 0 Å². The molecule has 0 spiro atoms. The standard InChI is InChI=1S/C11H19Cl2NOS/c1-7(2)14(8(3)4)11(15)16-6-9(5)10(12)13/h7-8H,6H2,1-5H3. The molecule has 0 saturated carbocycles. The van der Waals surface area contributed by atoms with Crippen LogP contribution in [0.5, 0.6) is 0 Å². The van der Waals surface area contributed by atoms with Crippen LogP contribution in [-0.2, 0) is 0 Å². The molecule has 0 aliphatic heterocycles. The maximum absolute atomic E-state index is 11.9. The van der Waals surface area contributed by atoms with E-state index in [9.17, 15) is 4.79 Å². The lowest BCUT2D eigenvalue weighted by Gasteiger charge is -2.30. The minimum atomic E-state index is 0.0685. The van der Waals surface area contributed by atoms with Crippen LogP contribution in [0.25, 0.3) is 0 Å². The monoisotopic (exact) mass is 283 g/mol. The van der Waals surface area contributed by atoms with Crippen molar-refractivity contribution in [3.05, 3.63) is 10.1 Å². The highest BCUT2D eigenvalue weighted by Gasteiger charge is 2.20. The molecule has 0 aromatic rings. The van der Waals surface area contributed by atoms with Crippen LogP contribution >= 0.6 is 35.0 Å². The Kier molecular flexibility index (Phi) is 7.53. The molecule has 0 radical (unpaired) electrons. The van der Waals surface area contributed by atoms with Crippen LogP contribution in [0, 0.1) is 0 Å². The van der Waals surface area contributed by atoms with Gasteiger partial charge in [-0.05, 0) is 40.2 Å². The molecule has 2 nitrogen and oxygen atoms in total. The SMILES string of the molecule is CC(CSC(=O)N(C(C)C)C(C)C)=C(Cl)Cl. The Balaban J connectivity index is 4.40. The normalized spacial score (nSPS) is 10.8. The number of amides is 1. The molecule has 0 aliphatic carbocycles. The number of carbonyl (C=O) groups excluding carboxylic acids is 1. The van der Waals surface area contributed by atoms with Crippen LogP contribution < -0.4 is 0 Å². The highest BCUT2D eigenvalue weighted by atomic mass is 35.5. The zero-order chi connectivity index (χ0) is 12.9. The molecule has 0 rings (SSSR count). The third-order valence-electron chi connectivity index (χ3n) is 2.06. The Morgan fingerprint density at radius 1 is 1.19 bits per heavy atom. The number of thioether (sulfide) groups is 1. The number of hydrogen-bond acceptors (Lipinski definition) is 2. The largest absolute Gasteiger partial charge is 0.329 e. The second-order valence-corrected chi connectivity index (χ2v) is 6.07. The van der Waals surface area contributed by atoms with E-state index in [1.54, 1.807) is 0 Å². The zero-order valence-corrected chi connectivity index (χ0v) is 12.7. The summed E-state index contributed by atoms with van der Waals surface area (Å²) in [6.45, 7) is 9.86. The molecule has 0 atom stereocenters. The number of rotatable bonds is 4. The van der Waals surface area contributed by atoms with Crippen molar-refractivity contribution < 1.29 is 4.79 Å². The molecule has 0 saturated heterocycles. The summed E-state index contributed by atoms with van der Waals surface area (Å²) in [5, 5.41) is 0.0685. The quantitative estimate of drug-likeness (QED) is 0.747. The number of halogens is 2. The van der Waals surface area contributed by atoms with Crippen molar-refractivity contribution in [3.63, 3.8) is 0 Å². The first-order valence-corrected chi connectivity index (χ1v) is 6.97. The highest BCUT2D eigenvalue weighted by molar-refractivity contribution is 8.13. The van der Waals surface area contributed by atoms with E-state index in [-0.39, 0.29) is 21.8 Å². The van der Waals surface area contributed by atoms with Gasteiger partial charge in [0.1, 0.15) is 4.49 Å². The van der Waals surface area contributed by atoms with Crippen LogP contribution in [0.15, 0.2) is 10.1 Å². The Bertz CT molecular complexity index is 265. The predicted molar refractivity (Wildman–Crippen MR) is 74.4 cm³/mol. The van der Waals surface area contributed by atoms with Gasteiger partial charge in [-0.3, -0.25) is 4.79 Å². The fraction of sp³-hybridized carbons (Fsp3) is 0.727. The molecule has 0 unspecified atom stereocenters. The van der Waals surface area contributed by atoms with Gasteiger partial charge < -0.3 is 4.90 Å². The third kappa shape index (κ3) is 5.46. The summed E-state index contributed by atoms with van der Waals surface area (Å²) in [6.07, 6.45) is 0. The minimum absolute atomic E-state index is 0.0685. The first-order chi connectivity index (χ1) is 7.27. The molecule has 0 N–H and O–H groups in total. The Morgan fingerprint density at radius 3 is 1.94 bits per heavy atom. The molecule has 0 aromatic carbocycles. The predicted octanol–water partition coefficient (Wildman–Crippen LogP) is 4.67. The summed E-state index contributed by atoms with van der Waals surface area (Å²) in [6, 6.07) is 0.409. The Hall–Kier alpha value is 0.140. The van der Waals surface area contributed by atoms with Gasteiger partial charge in [0, 0.05) is 17.8 Å². The van der Waals surface area contributed by atoms with Gasteiger partial charge in [0.15, 0.2) is 0 Å². The summed E-state index contributed by atoms with van der Waals surface area (Å²) in [5.74, 6) is 0.539. The molecule has 5 heteroatoms. The first kappa shape index (κ1) is 16.1. The lowest BCUT2D eigenvalue weighted by molar-refractivity contribution is 0.190. The summed E-state index contributed by atoms with van der Waals surface area (Å²) in [5.41, 5.74) is 0.828. The summed E-state index contributed by atoms with van der Waals surface area (Å²) in [7, 11) is 0. The fourth-order valence-electron chi connectivity index (χ4n) is 1.32. The van der Waals surface area contributed by atoms with E-state index in [4.69, 9.17) is 23.2 Å². The van der Waals surface area contributed by atoms with Gasteiger partial charge in [0.25, 0.3) is 5.24 Å². The van der Waals surface area contributed by atoms with E-state index in [1.165, 1.54) is 11.8 Å². The van der Waals surface area contributed by atoms with Gasteiger partial charge in [-0.1, -0.05) is 35.0 Å². The van der Waals surface area contributed by atoms with Crippen LogP contribution in [0.4, 0.5) is 4.79 Å². The van der Waals surface area contributed by atoms with Gasteiger partial charge >= 0.3 is 0 Å². The van der Waals surface area contributed by atoms with E-state index in [2.05, 4.69) is 0 Å². The topological polar surface area (TPSA) is 20.3 Å². The Labute approximate surface area is 112 Å². The number of hydrogen-bond donors (Lipinski definition) is 0. The first-order valence-electron chi connectivity index (χ1n) is 5.23. The van der Waals surface area contributed by atoms with Gasteiger partial charge in [-0.25, -0.2) is 0 Å². The van der Waals surface area contributed by atoms with Crippen LogP contribution in [0.3, 0.4) is 0 Å². The third-order valence-corrected chi connectivity index (χ3v) is 3.74. The van der Waals surface area contributed by atoms with E-state index < -0.39 is 0 Å². The van der Waals surface area contributed by atoms with Crippen molar-refractivity contribution in [1.82, 2.24) is 4.90 Å². The molecule has 0 aliphatic rings. The maximum Gasteiger partial charge on any atom is 0.282 e. The number of nitrogens with zero attached hydrogens (tertiary/aromatic N) is 1. The van der Waals surface area contributed by atoms with E-state index in [1.807, 2.05) is 39.5 Å². The minimum Gasteiger partial charge on any atom is -0.329 e. The summed E-state index contributed by atoms with van der Waals surface area (Å²) >= 11 is 12.5. The molecule has 0 fully saturated rings. The van der Waals surface area contributed by atoms with Gasteiger partial charge in [0.05, 0.1) is 0 Å². The van der Waals surface area contributed by atoms with Crippen LogP contribution in [-0.4, -0.2) is 28.0 Å². The molecular weight excluding hydrogens is 265 g/mol. The molecule has 1 amide bonds. The van der Waals surface area contributed by atoms with Crippen molar-refractivity contribution >= 4 is 40.2 Å². The summed E-state index contributed by atoms with van der Waals surface area (Å²) in [4.78, 5) is 13.8. The van der Waals surface area contributed by atoms with E-state index >= 15 is 0 Å². The Morgan fingerprint density at radius 2 is 1.62 bits per heavy atom. The molecule has 0 heterocycles. The van der Waals surface area contributed by atoms with Crippen LogP contribution in [0.1, 0.15) is 34.6 Å². The van der Waals surface area contributed by atoms with Crippen molar-refractivity contribution in [2.45, 2.75) is 46.7 Å². The second kappa shape index (κ2) is 7.46. The zero-order valence-electron chi connectivity index (χ0n) is 10.4. The average Bonchev–Trinajstić information content (AvgIpc) is 2.12. The molecule has 0 aromatic heterocycles. The highest BCUT2D eigenvalue weighted by Crippen LogP contribution is 2.21. The fourth-order valence-corrected chi connectivity index (χ4v) is 2.66. The van der Waals surface area contributed by atoms with E-state index in [0.29, 0.717) is 5.75 Å². The molecule has 94 valence electrons. The lowest BCUT2D eigenvalue weighted by Crippen LogP contribution is -2.39. The van der Waals surface area contributed by atoms with Gasteiger partial charge in [-0.2, -0.15) is 0 Å². The van der Waals surface area contributed by atoms with Crippen molar-refractivity contribution in [3.8, 4) is 0 Å². The van der Waals surface area contributed by atoms with Gasteiger partial charge in [-0.15, -0.1) is 0 Å². The van der Waals surface area contributed by atoms with Gasteiger partial charge in [0.2, 0.25) is 0 Å². The van der Waals surface area contributed by atoms with E-state index in [0.717, 1.165) is 5.57 Å². The molecule has 16 heavy (non-hydrogen) atoms. The lowest BCUT2D eigenvalue weighted by atomic mass is 10.2. The summed E-state index contributed by atoms with van der Waals surface area (Å²) < 4.78 is 0.251. The number of carbonyl (C=O) groups is 1. The molecule has 0 bridgehead atoms. The average molecular weight is 284 g/mol. The second-order valence-electron chi connectivity index (χ2n) is 4.19. The smallest absolute Gasteiger partial charge is 0.282 e.